The third-order valence-corrected chi connectivity index (χ3v) is 3.98. The summed E-state index contributed by atoms with van der Waals surface area (Å²) in [5.41, 5.74) is 1.22. The Labute approximate surface area is 164 Å². The molecule has 148 valence electrons. The van der Waals surface area contributed by atoms with Crippen molar-refractivity contribution >= 4 is 5.97 Å². The first-order chi connectivity index (χ1) is 13.6. The number of aryl methyl sites for hydroxylation is 1. The third kappa shape index (κ3) is 4.86. The minimum Gasteiger partial charge on any atom is -0.493 e. The van der Waals surface area contributed by atoms with E-state index in [1.165, 1.54) is 14.2 Å². The Balaban J connectivity index is 2.12. The first kappa shape index (κ1) is 20.9. The summed E-state index contributed by atoms with van der Waals surface area (Å²) in [6.45, 7) is 2.20. The SMILES string of the molecule is CCOc1cc(C#N)ccc1OC(=O)CCc1ccc(OC)c(OC)c1OC. The largest absolute Gasteiger partial charge is 0.493 e. The summed E-state index contributed by atoms with van der Waals surface area (Å²) in [5, 5.41) is 9.00. The first-order valence-electron chi connectivity index (χ1n) is 8.73. The summed E-state index contributed by atoms with van der Waals surface area (Å²) in [6.07, 6.45) is 0.514. The molecule has 2 rings (SSSR count). The van der Waals surface area contributed by atoms with Crippen molar-refractivity contribution in [3.8, 4) is 34.8 Å². The van der Waals surface area contributed by atoms with Gasteiger partial charge in [-0.2, -0.15) is 5.26 Å². The molecule has 2 aromatic carbocycles. The highest BCUT2D eigenvalue weighted by Crippen LogP contribution is 2.40. The Morgan fingerprint density at radius 2 is 1.68 bits per heavy atom. The van der Waals surface area contributed by atoms with Crippen LogP contribution in [0.1, 0.15) is 24.5 Å². The van der Waals surface area contributed by atoms with E-state index in [-0.39, 0.29) is 12.2 Å². The van der Waals surface area contributed by atoms with Gasteiger partial charge in [-0.3, -0.25) is 4.79 Å². The van der Waals surface area contributed by atoms with Gasteiger partial charge in [-0.1, -0.05) is 6.07 Å². The summed E-state index contributed by atoms with van der Waals surface area (Å²) >= 11 is 0. The molecule has 0 aliphatic carbocycles. The van der Waals surface area contributed by atoms with Crippen LogP contribution in [0.25, 0.3) is 0 Å². The van der Waals surface area contributed by atoms with Crippen LogP contribution in [0.2, 0.25) is 0 Å². The molecule has 0 unspecified atom stereocenters. The van der Waals surface area contributed by atoms with Gasteiger partial charge < -0.3 is 23.7 Å². The molecule has 0 aliphatic rings. The van der Waals surface area contributed by atoms with E-state index in [9.17, 15) is 4.79 Å². The Morgan fingerprint density at radius 1 is 0.964 bits per heavy atom. The number of rotatable bonds is 9. The molecule has 0 atom stereocenters. The average Bonchev–Trinajstić information content (AvgIpc) is 2.72. The number of esters is 1. The van der Waals surface area contributed by atoms with Gasteiger partial charge in [0.1, 0.15) is 0 Å². The molecular formula is C21H23NO6. The molecule has 2 aromatic rings. The maximum Gasteiger partial charge on any atom is 0.311 e. The molecule has 0 aromatic heterocycles. The fourth-order valence-corrected chi connectivity index (χ4v) is 2.70. The summed E-state index contributed by atoms with van der Waals surface area (Å²) in [5.74, 6) is 1.75. The van der Waals surface area contributed by atoms with E-state index in [4.69, 9.17) is 28.9 Å². The molecule has 0 fully saturated rings. The van der Waals surface area contributed by atoms with Gasteiger partial charge in [0.05, 0.1) is 46.0 Å². The quantitative estimate of drug-likeness (QED) is 0.482. The number of nitriles is 1. The highest BCUT2D eigenvalue weighted by Gasteiger charge is 2.18. The monoisotopic (exact) mass is 385 g/mol. The third-order valence-electron chi connectivity index (χ3n) is 3.98. The summed E-state index contributed by atoms with van der Waals surface area (Å²) in [7, 11) is 4.60. The Hall–Kier alpha value is -3.40. The predicted octanol–water partition coefficient (Wildman–Crippen LogP) is 3.52. The van der Waals surface area contributed by atoms with E-state index in [2.05, 4.69) is 0 Å². The van der Waals surface area contributed by atoms with Gasteiger partial charge in [0.25, 0.3) is 0 Å². The van der Waals surface area contributed by atoms with Crippen molar-refractivity contribution in [2.24, 2.45) is 0 Å². The van der Waals surface area contributed by atoms with Crippen molar-refractivity contribution in [1.29, 1.82) is 5.26 Å². The van der Waals surface area contributed by atoms with Crippen molar-refractivity contribution in [1.82, 2.24) is 0 Å². The summed E-state index contributed by atoms with van der Waals surface area (Å²) in [6, 6.07) is 10.3. The number of hydrogen-bond acceptors (Lipinski definition) is 7. The molecule has 0 amide bonds. The second-order valence-electron chi connectivity index (χ2n) is 5.67. The van der Waals surface area contributed by atoms with E-state index >= 15 is 0 Å². The molecule has 0 bridgehead atoms. The van der Waals surface area contributed by atoms with Gasteiger partial charge in [0.15, 0.2) is 23.0 Å². The summed E-state index contributed by atoms with van der Waals surface area (Å²) in [4.78, 5) is 12.3. The number of carbonyl (C=O) groups excluding carboxylic acids is 1. The fourth-order valence-electron chi connectivity index (χ4n) is 2.70. The normalized spacial score (nSPS) is 9.96. The molecule has 0 heterocycles. The van der Waals surface area contributed by atoms with E-state index in [1.54, 1.807) is 31.4 Å². The van der Waals surface area contributed by atoms with Crippen LogP contribution in [0.15, 0.2) is 30.3 Å². The van der Waals surface area contributed by atoms with Crippen LogP contribution in [0, 0.1) is 11.3 Å². The zero-order valence-corrected chi connectivity index (χ0v) is 16.4. The smallest absolute Gasteiger partial charge is 0.311 e. The lowest BCUT2D eigenvalue weighted by Crippen LogP contribution is -2.11. The van der Waals surface area contributed by atoms with Gasteiger partial charge in [-0.15, -0.1) is 0 Å². The second kappa shape index (κ2) is 10.1. The molecule has 7 heteroatoms. The lowest BCUT2D eigenvalue weighted by molar-refractivity contribution is -0.134. The molecule has 28 heavy (non-hydrogen) atoms. The predicted molar refractivity (Wildman–Crippen MR) is 102 cm³/mol. The standard InChI is InChI=1S/C21H23NO6/c1-5-27-18-12-14(13-22)6-9-16(18)28-19(23)11-8-15-7-10-17(24-2)21(26-4)20(15)25-3/h6-7,9-10,12H,5,8,11H2,1-4H3. The van der Waals surface area contributed by atoms with Crippen molar-refractivity contribution in [2.75, 3.05) is 27.9 Å². The van der Waals surface area contributed by atoms with Crippen LogP contribution in [-0.4, -0.2) is 33.9 Å². The molecular weight excluding hydrogens is 362 g/mol. The molecule has 7 nitrogen and oxygen atoms in total. The zero-order valence-electron chi connectivity index (χ0n) is 16.4. The lowest BCUT2D eigenvalue weighted by atomic mass is 10.1. The Kier molecular flexibility index (Phi) is 7.52. The van der Waals surface area contributed by atoms with Gasteiger partial charge in [-0.25, -0.2) is 0 Å². The highest BCUT2D eigenvalue weighted by atomic mass is 16.6. The average molecular weight is 385 g/mol. The van der Waals surface area contributed by atoms with Gasteiger partial charge >= 0.3 is 5.97 Å². The number of nitrogens with zero attached hydrogens (tertiary/aromatic N) is 1. The van der Waals surface area contributed by atoms with Gasteiger partial charge in [0, 0.05) is 6.07 Å². The van der Waals surface area contributed by atoms with Crippen LogP contribution >= 0.6 is 0 Å². The minimum absolute atomic E-state index is 0.122. The minimum atomic E-state index is -0.428. The molecule has 0 saturated carbocycles. The van der Waals surface area contributed by atoms with Crippen LogP contribution in [0.4, 0.5) is 0 Å². The van der Waals surface area contributed by atoms with Gasteiger partial charge in [0.2, 0.25) is 5.75 Å². The number of methoxy groups -OCH3 is 3. The maximum absolute atomic E-state index is 12.3. The number of hydrogen-bond donors (Lipinski definition) is 0. The molecule has 0 N–H and O–H groups in total. The molecule has 0 spiro atoms. The van der Waals surface area contributed by atoms with Gasteiger partial charge in [-0.05, 0) is 37.1 Å². The van der Waals surface area contributed by atoms with Crippen LogP contribution < -0.4 is 23.7 Å². The number of carbonyl (C=O) groups is 1. The van der Waals surface area contributed by atoms with E-state index < -0.39 is 5.97 Å². The maximum atomic E-state index is 12.3. The molecule has 0 saturated heterocycles. The highest BCUT2D eigenvalue weighted by molar-refractivity contribution is 5.74. The Bertz CT molecular complexity index is 872. The molecule has 0 aliphatic heterocycles. The fraction of sp³-hybridized carbons (Fsp3) is 0.333. The number of benzene rings is 2. The Morgan fingerprint density at radius 3 is 2.29 bits per heavy atom. The topological polar surface area (TPSA) is 87.0 Å². The van der Waals surface area contributed by atoms with Crippen LogP contribution in [0.5, 0.6) is 28.7 Å². The van der Waals surface area contributed by atoms with Crippen molar-refractivity contribution in [3.63, 3.8) is 0 Å². The summed E-state index contributed by atoms with van der Waals surface area (Å²) < 4.78 is 26.9. The molecule has 0 radical (unpaired) electrons. The van der Waals surface area contributed by atoms with Crippen LogP contribution in [-0.2, 0) is 11.2 Å². The van der Waals surface area contributed by atoms with Crippen molar-refractivity contribution in [3.05, 3.63) is 41.5 Å². The van der Waals surface area contributed by atoms with Crippen molar-refractivity contribution in [2.45, 2.75) is 19.8 Å². The zero-order chi connectivity index (χ0) is 20.5. The lowest BCUT2D eigenvalue weighted by Gasteiger charge is -2.15. The van der Waals surface area contributed by atoms with Crippen LogP contribution in [0.3, 0.4) is 0 Å². The first-order valence-corrected chi connectivity index (χ1v) is 8.73. The van der Waals surface area contributed by atoms with E-state index in [1.807, 2.05) is 19.1 Å². The van der Waals surface area contributed by atoms with Crippen molar-refractivity contribution < 1.29 is 28.5 Å². The van der Waals surface area contributed by atoms with E-state index in [0.29, 0.717) is 41.6 Å². The van der Waals surface area contributed by atoms with E-state index in [0.717, 1.165) is 5.56 Å². The second-order valence-corrected chi connectivity index (χ2v) is 5.67. The number of ether oxygens (including phenoxy) is 5.